The highest BCUT2D eigenvalue weighted by atomic mass is 32.1. The molecule has 0 atom stereocenters. The lowest BCUT2D eigenvalue weighted by molar-refractivity contribution is -0.120. The molecule has 134 valence electrons. The SMILES string of the molecule is NCCOc1cccc(CC(=O)NCc2csc(-c3ncccn3)n2)c1. The summed E-state index contributed by atoms with van der Waals surface area (Å²) < 4.78 is 5.47. The quantitative estimate of drug-likeness (QED) is 0.628. The van der Waals surface area contributed by atoms with Crippen LogP contribution in [-0.2, 0) is 17.8 Å². The van der Waals surface area contributed by atoms with Crippen molar-refractivity contribution in [3.8, 4) is 16.6 Å². The van der Waals surface area contributed by atoms with E-state index < -0.39 is 0 Å². The zero-order valence-corrected chi connectivity index (χ0v) is 14.9. The molecule has 0 aliphatic heterocycles. The Bertz CT molecular complexity index is 854. The summed E-state index contributed by atoms with van der Waals surface area (Å²) in [7, 11) is 0. The minimum atomic E-state index is -0.0773. The summed E-state index contributed by atoms with van der Waals surface area (Å²) in [6.45, 7) is 1.27. The third-order valence-electron chi connectivity index (χ3n) is 3.43. The second kappa shape index (κ2) is 9.02. The first-order valence-electron chi connectivity index (χ1n) is 8.15. The van der Waals surface area contributed by atoms with Crippen LogP contribution in [0.5, 0.6) is 5.75 Å². The van der Waals surface area contributed by atoms with E-state index in [1.165, 1.54) is 11.3 Å². The number of nitrogens with zero attached hydrogens (tertiary/aromatic N) is 3. The molecule has 1 aromatic carbocycles. The fourth-order valence-electron chi connectivity index (χ4n) is 2.26. The third kappa shape index (κ3) is 5.08. The van der Waals surface area contributed by atoms with Gasteiger partial charge in [-0.05, 0) is 23.8 Å². The standard InChI is InChI=1S/C18H19N5O2S/c19-5-8-25-15-4-1-3-13(9-15)10-16(24)22-11-14-12-26-18(23-14)17-20-6-2-7-21-17/h1-4,6-7,9,12H,5,8,10-11,19H2,(H,22,24). The molecular weight excluding hydrogens is 350 g/mol. The first-order chi connectivity index (χ1) is 12.7. The summed E-state index contributed by atoms with van der Waals surface area (Å²) in [5, 5.41) is 5.51. The smallest absolute Gasteiger partial charge is 0.224 e. The highest BCUT2D eigenvalue weighted by Gasteiger charge is 2.09. The van der Waals surface area contributed by atoms with Crippen LogP contribution in [0.15, 0.2) is 48.1 Å². The van der Waals surface area contributed by atoms with Gasteiger partial charge in [-0.25, -0.2) is 15.0 Å². The van der Waals surface area contributed by atoms with Gasteiger partial charge in [0.25, 0.3) is 0 Å². The van der Waals surface area contributed by atoms with Gasteiger partial charge in [0, 0.05) is 24.3 Å². The molecular formula is C18H19N5O2S. The lowest BCUT2D eigenvalue weighted by Gasteiger charge is -2.07. The fraction of sp³-hybridized carbons (Fsp3) is 0.222. The molecule has 0 saturated carbocycles. The number of ether oxygens (including phenoxy) is 1. The molecule has 0 saturated heterocycles. The van der Waals surface area contributed by atoms with E-state index in [0.717, 1.165) is 16.3 Å². The van der Waals surface area contributed by atoms with Crippen molar-refractivity contribution in [1.82, 2.24) is 20.3 Å². The number of hydrogen-bond acceptors (Lipinski definition) is 7. The number of carbonyl (C=O) groups is 1. The number of carbonyl (C=O) groups excluding carboxylic acids is 1. The Morgan fingerprint density at radius 2 is 2.08 bits per heavy atom. The third-order valence-corrected chi connectivity index (χ3v) is 4.31. The van der Waals surface area contributed by atoms with Gasteiger partial charge in [-0.1, -0.05) is 12.1 Å². The lowest BCUT2D eigenvalue weighted by Crippen LogP contribution is -2.24. The van der Waals surface area contributed by atoms with Gasteiger partial charge in [-0.2, -0.15) is 0 Å². The van der Waals surface area contributed by atoms with Crippen LogP contribution in [0.1, 0.15) is 11.3 Å². The second-order valence-corrected chi connectivity index (χ2v) is 6.31. The highest BCUT2D eigenvalue weighted by Crippen LogP contribution is 2.19. The molecule has 0 radical (unpaired) electrons. The van der Waals surface area contributed by atoms with E-state index in [2.05, 4.69) is 20.3 Å². The molecule has 1 amide bonds. The normalized spacial score (nSPS) is 10.5. The topological polar surface area (TPSA) is 103 Å². The van der Waals surface area contributed by atoms with Crippen LogP contribution in [0.4, 0.5) is 0 Å². The number of rotatable bonds is 8. The van der Waals surface area contributed by atoms with Crippen molar-refractivity contribution in [2.45, 2.75) is 13.0 Å². The van der Waals surface area contributed by atoms with Gasteiger partial charge in [-0.15, -0.1) is 11.3 Å². The number of nitrogens with two attached hydrogens (primary N) is 1. The van der Waals surface area contributed by atoms with E-state index >= 15 is 0 Å². The predicted molar refractivity (Wildman–Crippen MR) is 99.7 cm³/mol. The van der Waals surface area contributed by atoms with Crippen molar-refractivity contribution in [2.24, 2.45) is 5.73 Å². The monoisotopic (exact) mass is 369 g/mol. The van der Waals surface area contributed by atoms with Crippen LogP contribution in [0.25, 0.3) is 10.8 Å². The Kier molecular flexibility index (Phi) is 6.24. The van der Waals surface area contributed by atoms with Crippen molar-refractivity contribution in [1.29, 1.82) is 0 Å². The summed E-state index contributed by atoms with van der Waals surface area (Å²) >= 11 is 1.45. The van der Waals surface area contributed by atoms with Crippen LogP contribution in [0.2, 0.25) is 0 Å². The van der Waals surface area contributed by atoms with Crippen molar-refractivity contribution in [3.63, 3.8) is 0 Å². The molecule has 7 nitrogen and oxygen atoms in total. The summed E-state index contributed by atoms with van der Waals surface area (Å²) in [5.41, 5.74) is 7.09. The van der Waals surface area contributed by atoms with E-state index in [1.807, 2.05) is 29.6 Å². The number of amides is 1. The number of hydrogen-bond donors (Lipinski definition) is 2. The minimum absolute atomic E-state index is 0.0773. The highest BCUT2D eigenvalue weighted by molar-refractivity contribution is 7.13. The predicted octanol–water partition coefficient (Wildman–Crippen LogP) is 1.80. The molecule has 0 spiro atoms. The van der Waals surface area contributed by atoms with Crippen LogP contribution >= 0.6 is 11.3 Å². The van der Waals surface area contributed by atoms with Crippen LogP contribution in [-0.4, -0.2) is 34.0 Å². The average Bonchev–Trinajstić information content (AvgIpc) is 3.15. The molecule has 0 aliphatic rings. The van der Waals surface area contributed by atoms with E-state index in [4.69, 9.17) is 10.5 Å². The zero-order valence-electron chi connectivity index (χ0n) is 14.1. The summed E-state index contributed by atoms with van der Waals surface area (Å²) in [6, 6.07) is 9.21. The average molecular weight is 369 g/mol. The first-order valence-corrected chi connectivity index (χ1v) is 9.03. The molecule has 0 unspecified atom stereocenters. The Morgan fingerprint density at radius 3 is 2.88 bits per heavy atom. The molecule has 26 heavy (non-hydrogen) atoms. The molecule has 8 heteroatoms. The van der Waals surface area contributed by atoms with Gasteiger partial charge in [0.1, 0.15) is 12.4 Å². The van der Waals surface area contributed by atoms with E-state index in [9.17, 15) is 4.79 Å². The van der Waals surface area contributed by atoms with Gasteiger partial charge >= 0.3 is 0 Å². The van der Waals surface area contributed by atoms with Crippen LogP contribution in [0.3, 0.4) is 0 Å². The van der Waals surface area contributed by atoms with Gasteiger partial charge in [0.15, 0.2) is 10.8 Å². The Balaban J connectivity index is 1.52. The molecule has 2 heterocycles. The Hall–Kier alpha value is -2.84. The molecule has 3 N–H and O–H groups in total. The van der Waals surface area contributed by atoms with Gasteiger partial charge in [0.05, 0.1) is 18.7 Å². The van der Waals surface area contributed by atoms with Gasteiger partial charge in [0.2, 0.25) is 5.91 Å². The van der Waals surface area contributed by atoms with Crippen LogP contribution in [0, 0.1) is 0 Å². The maximum absolute atomic E-state index is 12.2. The Morgan fingerprint density at radius 1 is 1.23 bits per heavy atom. The van der Waals surface area contributed by atoms with Crippen LogP contribution < -0.4 is 15.8 Å². The van der Waals surface area contributed by atoms with Gasteiger partial charge < -0.3 is 15.8 Å². The van der Waals surface area contributed by atoms with E-state index in [1.54, 1.807) is 18.5 Å². The number of aromatic nitrogens is 3. The Labute approximate surface area is 155 Å². The minimum Gasteiger partial charge on any atom is -0.492 e. The number of benzene rings is 1. The zero-order chi connectivity index (χ0) is 18.2. The maximum atomic E-state index is 12.2. The second-order valence-electron chi connectivity index (χ2n) is 5.45. The van der Waals surface area contributed by atoms with Crippen molar-refractivity contribution in [3.05, 3.63) is 59.4 Å². The van der Waals surface area contributed by atoms with Crippen molar-refractivity contribution >= 4 is 17.2 Å². The number of thiazole rings is 1. The molecule has 3 aromatic rings. The molecule has 0 aliphatic carbocycles. The summed E-state index contributed by atoms with van der Waals surface area (Å²) in [4.78, 5) is 25.0. The van der Waals surface area contributed by atoms with Gasteiger partial charge in [-0.3, -0.25) is 4.79 Å². The molecule has 0 bridgehead atoms. The largest absolute Gasteiger partial charge is 0.492 e. The summed E-state index contributed by atoms with van der Waals surface area (Å²) in [6.07, 6.45) is 3.63. The van der Waals surface area contributed by atoms with E-state index in [-0.39, 0.29) is 12.3 Å². The van der Waals surface area contributed by atoms with Crippen molar-refractivity contribution in [2.75, 3.05) is 13.2 Å². The van der Waals surface area contributed by atoms with Crippen molar-refractivity contribution < 1.29 is 9.53 Å². The maximum Gasteiger partial charge on any atom is 0.224 e. The first kappa shape index (κ1) is 18.0. The lowest BCUT2D eigenvalue weighted by atomic mass is 10.1. The summed E-state index contributed by atoms with van der Waals surface area (Å²) in [5.74, 6) is 1.23. The molecule has 2 aromatic heterocycles. The fourth-order valence-corrected chi connectivity index (χ4v) is 3.02. The number of nitrogens with one attached hydrogen (secondary N) is 1. The molecule has 3 rings (SSSR count). The van der Waals surface area contributed by atoms with E-state index in [0.29, 0.717) is 31.3 Å². The molecule has 0 fully saturated rings.